The molecule has 1 aromatic rings. The predicted octanol–water partition coefficient (Wildman–Crippen LogP) is 1.58. The van der Waals surface area contributed by atoms with E-state index in [0.717, 1.165) is 5.01 Å². The van der Waals surface area contributed by atoms with Crippen LogP contribution in [0.2, 0.25) is 0 Å². The average molecular weight is 198 g/mol. The lowest BCUT2D eigenvalue weighted by atomic mass is 10.3. The summed E-state index contributed by atoms with van der Waals surface area (Å²) in [5.74, 6) is 0. The molecule has 72 valence electrons. The molecule has 0 aromatic carbocycles. The molecule has 0 aliphatic heterocycles. The van der Waals surface area contributed by atoms with Crippen LogP contribution in [0.15, 0.2) is 11.6 Å². The Kier molecular flexibility index (Phi) is 2.93. The van der Waals surface area contributed by atoms with Crippen molar-refractivity contribution in [3.05, 3.63) is 16.6 Å². The van der Waals surface area contributed by atoms with E-state index in [1.807, 2.05) is 11.6 Å². The Balaban J connectivity index is 1.95. The lowest BCUT2D eigenvalue weighted by molar-refractivity contribution is 0.166. The molecule has 1 unspecified atom stereocenters. The summed E-state index contributed by atoms with van der Waals surface area (Å²) in [6.45, 7) is 0.712. The lowest BCUT2D eigenvalue weighted by Gasteiger charge is -2.14. The van der Waals surface area contributed by atoms with Crippen molar-refractivity contribution in [2.24, 2.45) is 0 Å². The van der Waals surface area contributed by atoms with Gasteiger partial charge >= 0.3 is 0 Å². The number of methoxy groups -OCH3 is 1. The molecular formula is C9H14N2OS. The van der Waals surface area contributed by atoms with Crippen molar-refractivity contribution in [3.8, 4) is 0 Å². The molecule has 13 heavy (non-hydrogen) atoms. The molecule has 1 aromatic heterocycles. The van der Waals surface area contributed by atoms with E-state index < -0.39 is 0 Å². The Bertz CT molecular complexity index is 246. The second-order valence-electron chi connectivity index (χ2n) is 3.32. The molecule has 1 aliphatic carbocycles. The van der Waals surface area contributed by atoms with E-state index in [4.69, 9.17) is 4.74 Å². The van der Waals surface area contributed by atoms with Gasteiger partial charge in [0.25, 0.3) is 0 Å². The summed E-state index contributed by atoms with van der Waals surface area (Å²) < 4.78 is 5.16. The molecule has 1 aliphatic rings. The molecule has 4 heteroatoms. The van der Waals surface area contributed by atoms with E-state index in [0.29, 0.717) is 12.6 Å². The molecular weight excluding hydrogens is 184 g/mol. The molecule has 1 saturated carbocycles. The van der Waals surface area contributed by atoms with Gasteiger partial charge in [0.15, 0.2) is 0 Å². The van der Waals surface area contributed by atoms with Gasteiger partial charge in [-0.25, -0.2) is 4.98 Å². The van der Waals surface area contributed by atoms with Crippen molar-refractivity contribution in [1.82, 2.24) is 10.3 Å². The van der Waals surface area contributed by atoms with Crippen LogP contribution in [0.1, 0.15) is 23.9 Å². The zero-order chi connectivity index (χ0) is 9.10. The van der Waals surface area contributed by atoms with Crippen LogP contribution in [0, 0.1) is 0 Å². The van der Waals surface area contributed by atoms with Crippen LogP contribution >= 0.6 is 11.3 Å². The molecule has 1 fully saturated rings. The Labute approximate surface area is 82.1 Å². The minimum absolute atomic E-state index is 0.289. The van der Waals surface area contributed by atoms with E-state index in [1.165, 1.54) is 12.8 Å². The molecule has 3 nitrogen and oxygen atoms in total. The quantitative estimate of drug-likeness (QED) is 0.780. The van der Waals surface area contributed by atoms with Crippen LogP contribution in [-0.2, 0) is 4.74 Å². The maximum absolute atomic E-state index is 5.16. The lowest BCUT2D eigenvalue weighted by Crippen LogP contribution is -2.26. The van der Waals surface area contributed by atoms with Crippen LogP contribution in [0.3, 0.4) is 0 Å². The summed E-state index contributed by atoms with van der Waals surface area (Å²) in [6.07, 6.45) is 4.44. The Hall–Kier alpha value is -0.450. The van der Waals surface area contributed by atoms with Gasteiger partial charge in [0, 0.05) is 24.7 Å². The summed E-state index contributed by atoms with van der Waals surface area (Å²) >= 11 is 1.69. The maximum atomic E-state index is 5.16. The molecule has 0 amide bonds. The number of nitrogens with zero attached hydrogens (tertiary/aromatic N) is 1. The second kappa shape index (κ2) is 4.17. The largest absolute Gasteiger partial charge is 0.383 e. The molecule has 0 bridgehead atoms. The summed E-state index contributed by atoms with van der Waals surface area (Å²) in [7, 11) is 1.73. The van der Waals surface area contributed by atoms with Crippen molar-refractivity contribution in [2.45, 2.75) is 24.9 Å². The van der Waals surface area contributed by atoms with Gasteiger partial charge in [-0.2, -0.15) is 0 Å². The first-order valence-corrected chi connectivity index (χ1v) is 5.42. The average Bonchev–Trinajstić information content (AvgIpc) is 2.80. The SMILES string of the molecule is COCC(NC1CC1)c1nccs1. The third-order valence-electron chi connectivity index (χ3n) is 2.10. The van der Waals surface area contributed by atoms with E-state index >= 15 is 0 Å². The molecule has 0 spiro atoms. The third-order valence-corrected chi connectivity index (χ3v) is 2.99. The number of hydrogen-bond donors (Lipinski definition) is 1. The molecule has 2 rings (SSSR count). The first-order chi connectivity index (χ1) is 6.40. The topological polar surface area (TPSA) is 34.1 Å². The van der Waals surface area contributed by atoms with Gasteiger partial charge in [-0.1, -0.05) is 0 Å². The zero-order valence-corrected chi connectivity index (χ0v) is 8.51. The number of hydrogen-bond acceptors (Lipinski definition) is 4. The summed E-state index contributed by atoms with van der Waals surface area (Å²) in [6, 6.07) is 0.988. The Morgan fingerprint density at radius 3 is 3.15 bits per heavy atom. The monoisotopic (exact) mass is 198 g/mol. The molecule has 1 N–H and O–H groups in total. The summed E-state index contributed by atoms with van der Waals surface area (Å²) in [5, 5.41) is 6.66. The minimum atomic E-state index is 0.289. The highest BCUT2D eigenvalue weighted by Gasteiger charge is 2.26. The fraction of sp³-hybridized carbons (Fsp3) is 0.667. The van der Waals surface area contributed by atoms with Gasteiger partial charge in [0.2, 0.25) is 0 Å². The molecule has 1 atom stereocenters. The van der Waals surface area contributed by atoms with Gasteiger partial charge in [-0.05, 0) is 12.8 Å². The first kappa shape index (κ1) is 9.12. The van der Waals surface area contributed by atoms with Gasteiger partial charge in [0.05, 0.1) is 12.6 Å². The summed E-state index contributed by atoms with van der Waals surface area (Å²) in [5.41, 5.74) is 0. The predicted molar refractivity (Wildman–Crippen MR) is 52.9 cm³/mol. The number of nitrogens with one attached hydrogen (secondary N) is 1. The van der Waals surface area contributed by atoms with Gasteiger partial charge in [0.1, 0.15) is 5.01 Å². The van der Waals surface area contributed by atoms with E-state index in [1.54, 1.807) is 18.4 Å². The van der Waals surface area contributed by atoms with Crippen LogP contribution in [0.5, 0.6) is 0 Å². The van der Waals surface area contributed by atoms with Gasteiger partial charge < -0.3 is 10.1 Å². The van der Waals surface area contributed by atoms with E-state index in [9.17, 15) is 0 Å². The van der Waals surface area contributed by atoms with Gasteiger partial charge in [-0.3, -0.25) is 0 Å². The third kappa shape index (κ3) is 2.49. The number of aromatic nitrogens is 1. The number of rotatable bonds is 5. The van der Waals surface area contributed by atoms with E-state index in [-0.39, 0.29) is 6.04 Å². The van der Waals surface area contributed by atoms with Crippen molar-refractivity contribution < 1.29 is 4.74 Å². The minimum Gasteiger partial charge on any atom is -0.383 e. The van der Waals surface area contributed by atoms with Crippen molar-refractivity contribution in [3.63, 3.8) is 0 Å². The van der Waals surface area contributed by atoms with Crippen LogP contribution in [0.4, 0.5) is 0 Å². The fourth-order valence-electron chi connectivity index (χ4n) is 1.30. The standard InChI is InChI=1S/C9H14N2OS/c1-12-6-8(11-7-2-3-7)9-10-4-5-13-9/h4-5,7-8,11H,2-3,6H2,1H3. The zero-order valence-electron chi connectivity index (χ0n) is 7.69. The molecule has 0 saturated heterocycles. The van der Waals surface area contributed by atoms with Crippen molar-refractivity contribution in [2.75, 3.05) is 13.7 Å². The first-order valence-electron chi connectivity index (χ1n) is 4.54. The fourth-order valence-corrected chi connectivity index (χ4v) is 1.98. The maximum Gasteiger partial charge on any atom is 0.112 e. The number of ether oxygens (including phenoxy) is 1. The van der Waals surface area contributed by atoms with Crippen LogP contribution in [-0.4, -0.2) is 24.7 Å². The highest BCUT2D eigenvalue weighted by Crippen LogP contribution is 2.25. The molecule has 1 heterocycles. The highest BCUT2D eigenvalue weighted by molar-refractivity contribution is 7.09. The smallest absolute Gasteiger partial charge is 0.112 e. The van der Waals surface area contributed by atoms with Crippen molar-refractivity contribution in [1.29, 1.82) is 0 Å². The highest BCUT2D eigenvalue weighted by atomic mass is 32.1. The molecule has 0 radical (unpaired) electrons. The van der Waals surface area contributed by atoms with Crippen LogP contribution in [0.25, 0.3) is 0 Å². The Morgan fingerprint density at radius 2 is 2.62 bits per heavy atom. The van der Waals surface area contributed by atoms with Crippen LogP contribution < -0.4 is 5.32 Å². The normalized spacial score (nSPS) is 18.8. The van der Waals surface area contributed by atoms with Gasteiger partial charge in [-0.15, -0.1) is 11.3 Å². The summed E-state index contributed by atoms with van der Waals surface area (Å²) in [4.78, 5) is 4.29. The van der Waals surface area contributed by atoms with Crippen molar-refractivity contribution >= 4 is 11.3 Å². The second-order valence-corrected chi connectivity index (χ2v) is 4.25. The Morgan fingerprint density at radius 1 is 1.77 bits per heavy atom. The van der Waals surface area contributed by atoms with E-state index in [2.05, 4.69) is 10.3 Å². The number of thiazole rings is 1.